The highest BCUT2D eigenvalue weighted by Gasteiger charge is 2.20. The SMILES string of the molecule is Cc1cc(Nc2ccccc2)[n+]2c([nH]c3ccccc32)c1C#N. The van der Waals surface area contributed by atoms with Gasteiger partial charge in [-0.2, -0.15) is 9.66 Å². The average Bonchev–Trinajstić information content (AvgIpc) is 2.95. The van der Waals surface area contributed by atoms with Gasteiger partial charge in [-0.15, -0.1) is 0 Å². The molecule has 0 saturated heterocycles. The quantitative estimate of drug-likeness (QED) is 0.553. The van der Waals surface area contributed by atoms with Gasteiger partial charge in [-0.3, -0.25) is 10.3 Å². The van der Waals surface area contributed by atoms with Crippen LogP contribution in [0.4, 0.5) is 11.5 Å². The topological polar surface area (TPSA) is 55.7 Å². The smallest absolute Gasteiger partial charge is 0.250 e. The third kappa shape index (κ3) is 2.11. The number of nitrogens with one attached hydrogen (secondary N) is 2. The molecule has 0 unspecified atom stereocenters. The third-order valence-corrected chi connectivity index (χ3v) is 4.00. The molecule has 4 rings (SSSR count). The van der Waals surface area contributed by atoms with Crippen LogP contribution in [0.15, 0.2) is 60.7 Å². The van der Waals surface area contributed by atoms with Crippen LogP contribution in [0.5, 0.6) is 0 Å². The van der Waals surface area contributed by atoms with Gasteiger partial charge in [-0.1, -0.05) is 30.3 Å². The first-order valence-corrected chi connectivity index (χ1v) is 7.46. The van der Waals surface area contributed by atoms with Crippen LogP contribution in [-0.4, -0.2) is 4.98 Å². The van der Waals surface area contributed by atoms with Crippen LogP contribution in [0.3, 0.4) is 0 Å². The van der Waals surface area contributed by atoms with Crippen molar-refractivity contribution in [1.29, 1.82) is 5.26 Å². The molecular weight excluding hydrogens is 284 g/mol. The van der Waals surface area contributed by atoms with E-state index in [1.165, 1.54) is 0 Å². The third-order valence-electron chi connectivity index (χ3n) is 4.00. The standard InChI is InChI=1S/C19H14N4/c1-13-11-18(21-14-7-3-2-4-8-14)23-17-10-6-5-9-16(17)22-19(23)15(13)12-20/h2-11H,1H3,(H,21,22)/p+1. The summed E-state index contributed by atoms with van der Waals surface area (Å²) in [5.41, 5.74) is 5.48. The lowest BCUT2D eigenvalue weighted by atomic mass is 10.1. The fourth-order valence-corrected chi connectivity index (χ4v) is 2.93. The van der Waals surface area contributed by atoms with Crippen molar-refractivity contribution in [1.82, 2.24) is 4.98 Å². The van der Waals surface area contributed by atoms with Gasteiger partial charge in [0, 0.05) is 6.07 Å². The summed E-state index contributed by atoms with van der Waals surface area (Å²) in [7, 11) is 0. The lowest BCUT2D eigenvalue weighted by molar-refractivity contribution is -0.464. The van der Waals surface area contributed by atoms with Crippen molar-refractivity contribution in [3.63, 3.8) is 0 Å². The molecule has 4 aromatic rings. The zero-order valence-corrected chi connectivity index (χ0v) is 12.7. The van der Waals surface area contributed by atoms with E-state index in [9.17, 15) is 5.26 Å². The molecule has 4 nitrogen and oxygen atoms in total. The van der Waals surface area contributed by atoms with Crippen LogP contribution in [-0.2, 0) is 0 Å². The van der Waals surface area contributed by atoms with E-state index in [0.717, 1.165) is 33.7 Å². The molecule has 0 aliphatic rings. The molecule has 0 radical (unpaired) electrons. The van der Waals surface area contributed by atoms with Crippen LogP contribution in [0.1, 0.15) is 11.1 Å². The van der Waals surface area contributed by atoms with E-state index in [2.05, 4.69) is 20.8 Å². The van der Waals surface area contributed by atoms with Gasteiger partial charge in [-0.25, -0.2) is 0 Å². The summed E-state index contributed by atoms with van der Waals surface area (Å²) >= 11 is 0. The molecule has 4 heteroatoms. The number of anilines is 2. The zero-order valence-electron chi connectivity index (χ0n) is 12.7. The minimum Gasteiger partial charge on any atom is -0.273 e. The van der Waals surface area contributed by atoms with Crippen molar-refractivity contribution in [3.05, 3.63) is 71.8 Å². The molecular formula is C19H15N4+. The molecule has 0 saturated carbocycles. The first-order chi connectivity index (χ1) is 11.3. The monoisotopic (exact) mass is 299 g/mol. The Morgan fingerprint density at radius 3 is 2.57 bits per heavy atom. The number of aryl methyl sites for hydroxylation is 1. The van der Waals surface area contributed by atoms with Crippen LogP contribution < -0.4 is 9.72 Å². The number of rotatable bonds is 2. The maximum Gasteiger partial charge on any atom is 0.250 e. The number of nitrogens with zero attached hydrogens (tertiary/aromatic N) is 2. The lowest BCUT2D eigenvalue weighted by Gasteiger charge is -2.06. The summed E-state index contributed by atoms with van der Waals surface area (Å²) in [5.74, 6) is 0.931. The number of hydrogen-bond acceptors (Lipinski definition) is 2. The highest BCUT2D eigenvalue weighted by molar-refractivity contribution is 5.77. The van der Waals surface area contributed by atoms with Gasteiger partial charge in [0.2, 0.25) is 11.5 Å². The summed E-state index contributed by atoms with van der Waals surface area (Å²) < 4.78 is 2.06. The van der Waals surface area contributed by atoms with Crippen molar-refractivity contribution in [3.8, 4) is 6.07 Å². The van der Waals surface area contributed by atoms with E-state index >= 15 is 0 Å². The summed E-state index contributed by atoms with van der Waals surface area (Å²) in [6, 6.07) is 22.4. The molecule has 23 heavy (non-hydrogen) atoms. The van der Waals surface area contributed by atoms with E-state index in [0.29, 0.717) is 5.56 Å². The Morgan fingerprint density at radius 1 is 1.04 bits per heavy atom. The van der Waals surface area contributed by atoms with Gasteiger partial charge >= 0.3 is 0 Å². The van der Waals surface area contributed by atoms with Gasteiger partial charge < -0.3 is 0 Å². The molecule has 0 spiro atoms. The number of nitriles is 1. The number of H-pyrrole nitrogens is 1. The summed E-state index contributed by atoms with van der Waals surface area (Å²) in [4.78, 5) is 3.36. The second kappa shape index (κ2) is 5.15. The molecule has 0 atom stereocenters. The predicted octanol–water partition coefficient (Wildman–Crippen LogP) is 3.83. The van der Waals surface area contributed by atoms with E-state index in [1.807, 2.05) is 67.6 Å². The van der Waals surface area contributed by atoms with Crippen LogP contribution in [0.2, 0.25) is 0 Å². The van der Waals surface area contributed by atoms with E-state index in [-0.39, 0.29) is 0 Å². The Balaban J connectivity index is 2.05. The van der Waals surface area contributed by atoms with E-state index in [1.54, 1.807) is 0 Å². The van der Waals surface area contributed by atoms with Crippen molar-refractivity contribution in [2.75, 3.05) is 5.32 Å². The number of hydrogen-bond donors (Lipinski definition) is 2. The molecule has 0 bridgehead atoms. The Labute approximate surface area is 133 Å². The molecule has 0 aliphatic carbocycles. The molecule has 2 heterocycles. The fourth-order valence-electron chi connectivity index (χ4n) is 2.93. The number of pyridine rings is 1. The molecule has 0 amide bonds. The van der Waals surface area contributed by atoms with Crippen molar-refractivity contribution < 1.29 is 4.40 Å². The zero-order chi connectivity index (χ0) is 15.8. The summed E-state index contributed by atoms with van der Waals surface area (Å²) in [5, 5.41) is 13.0. The van der Waals surface area contributed by atoms with E-state index in [4.69, 9.17) is 0 Å². The van der Waals surface area contributed by atoms with Crippen molar-refractivity contribution in [2.24, 2.45) is 0 Å². The molecule has 0 aliphatic heterocycles. The first kappa shape index (κ1) is 13.4. The Bertz CT molecular complexity index is 1060. The fraction of sp³-hybridized carbons (Fsp3) is 0.0526. The maximum absolute atomic E-state index is 9.52. The second-order valence-electron chi connectivity index (χ2n) is 5.52. The highest BCUT2D eigenvalue weighted by Crippen LogP contribution is 2.22. The number of benzene rings is 2. The van der Waals surface area contributed by atoms with Crippen molar-refractivity contribution >= 4 is 28.2 Å². The molecule has 2 N–H and O–H groups in total. The van der Waals surface area contributed by atoms with Gasteiger partial charge in [0.05, 0.1) is 5.69 Å². The molecule has 2 aromatic heterocycles. The molecule has 0 fully saturated rings. The van der Waals surface area contributed by atoms with Gasteiger partial charge in [0.1, 0.15) is 22.7 Å². The summed E-state index contributed by atoms with van der Waals surface area (Å²) in [6.45, 7) is 1.96. The number of para-hydroxylation sites is 3. The van der Waals surface area contributed by atoms with Crippen LogP contribution in [0.25, 0.3) is 16.7 Å². The largest absolute Gasteiger partial charge is 0.273 e. The minimum atomic E-state index is 0.666. The second-order valence-corrected chi connectivity index (χ2v) is 5.52. The number of imidazole rings is 1. The van der Waals surface area contributed by atoms with Crippen LogP contribution >= 0.6 is 0 Å². The number of aromatic amines is 1. The van der Waals surface area contributed by atoms with E-state index < -0.39 is 0 Å². The maximum atomic E-state index is 9.52. The van der Waals surface area contributed by atoms with Gasteiger partial charge in [-0.05, 0) is 36.8 Å². The minimum absolute atomic E-state index is 0.666. The Hall–Kier alpha value is -3.32. The predicted molar refractivity (Wildman–Crippen MR) is 90.6 cm³/mol. The summed E-state index contributed by atoms with van der Waals surface area (Å²) in [6.07, 6.45) is 0. The normalized spacial score (nSPS) is 10.8. The van der Waals surface area contributed by atoms with Crippen LogP contribution in [0, 0.1) is 18.3 Å². The van der Waals surface area contributed by atoms with Gasteiger partial charge in [0.25, 0.3) is 0 Å². The average molecular weight is 299 g/mol. The number of fused-ring (bicyclic) bond motifs is 3. The van der Waals surface area contributed by atoms with Gasteiger partial charge in [0.15, 0.2) is 0 Å². The van der Waals surface area contributed by atoms with Crippen molar-refractivity contribution in [2.45, 2.75) is 6.92 Å². The number of aromatic nitrogens is 2. The highest BCUT2D eigenvalue weighted by atomic mass is 15.1. The molecule has 110 valence electrons. The Kier molecular flexibility index (Phi) is 2.99. The first-order valence-electron chi connectivity index (χ1n) is 7.46. The Morgan fingerprint density at radius 2 is 1.78 bits per heavy atom. The molecule has 2 aromatic carbocycles. The lowest BCUT2D eigenvalue weighted by Crippen LogP contribution is -2.26.